The van der Waals surface area contributed by atoms with Gasteiger partial charge >= 0.3 is 5.97 Å². The summed E-state index contributed by atoms with van der Waals surface area (Å²) in [7, 11) is 0. The highest BCUT2D eigenvalue weighted by Gasteiger charge is 2.20. The second-order valence-corrected chi connectivity index (χ2v) is 5.53. The van der Waals surface area contributed by atoms with Gasteiger partial charge in [0.15, 0.2) is 0 Å². The van der Waals surface area contributed by atoms with Gasteiger partial charge in [0.05, 0.1) is 4.91 Å². The van der Waals surface area contributed by atoms with Gasteiger partial charge in [-0.15, -0.1) is 0 Å². The number of hydrogen-bond acceptors (Lipinski definition) is 5. The van der Waals surface area contributed by atoms with Crippen LogP contribution in [0.3, 0.4) is 0 Å². The highest BCUT2D eigenvalue weighted by Crippen LogP contribution is 2.24. The third-order valence-corrected chi connectivity index (χ3v) is 3.61. The van der Waals surface area contributed by atoms with Gasteiger partial charge < -0.3 is 15.5 Å². The lowest BCUT2D eigenvalue weighted by Crippen LogP contribution is -2.17. The molecule has 0 radical (unpaired) electrons. The number of allylic oxidation sites excluding steroid dienone is 2. The molecule has 0 bridgehead atoms. The molecule has 1 heterocycles. The molecular formula is C13H9NO4S2. The molecule has 1 amide bonds. The van der Waals surface area contributed by atoms with E-state index in [1.54, 1.807) is 24.3 Å². The number of carbonyl (C=O) groups excluding carboxylic acids is 1. The number of aromatic carboxylic acids is 1. The summed E-state index contributed by atoms with van der Waals surface area (Å²) in [5.41, 5.74) is 0.428. The number of hydrogen-bond donors (Lipinski definition) is 3. The van der Waals surface area contributed by atoms with Crippen molar-refractivity contribution in [2.45, 2.75) is 0 Å². The minimum absolute atomic E-state index is 0.172. The zero-order valence-electron chi connectivity index (χ0n) is 9.99. The summed E-state index contributed by atoms with van der Waals surface area (Å²) in [5, 5.41) is 20.8. The number of thioether (sulfide) groups is 1. The summed E-state index contributed by atoms with van der Waals surface area (Å²) in [4.78, 5) is 22.7. The SMILES string of the molecule is O=C1NC(=S)S/C1=C\C=C\c1ccc(O)c(C(=O)O)c1. The van der Waals surface area contributed by atoms with Crippen LogP contribution in [0.25, 0.3) is 6.08 Å². The number of benzene rings is 1. The third kappa shape index (κ3) is 3.25. The largest absolute Gasteiger partial charge is 0.507 e. The van der Waals surface area contributed by atoms with Crippen LogP contribution in [-0.2, 0) is 4.79 Å². The molecule has 20 heavy (non-hydrogen) atoms. The van der Waals surface area contributed by atoms with E-state index in [1.165, 1.54) is 23.9 Å². The molecule has 1 aromatic carbocycles. The Labute approximate surface area is 124 Å². The van der Waals surface area contributed by atoms with Crippen LogP contribution in [0.2, 0.25) is 0 Å². The molecule has 2 rings (SSSR count). The standard InChI is InChI=1S/C13H9NO4S2/c15-9-5-4-7(6-8(9)12(17)18)2-1-3-10-11(16)14-13(19)20-10/h1-6,15H,(H,17,18)(H,14,16,19)/b2-1+,10-3-. The van der Waals surface area contributed by atoms with Crippen molar-refractivity contribution in [2.75, 3.05) is 0 Å². The number of amides is 1. The van der Waals surface area contributed by atoms with Crippen LogP contribution in [0.5, 0.6) is 5.75 Å². The Kier molecular flexibility index (Phi) is 4.21. The zero-order chi connectivity index (χ0) is 14.7. The second-order valence-electron chi connectivity index (χ2n) is 3.82. The smallest absolute Gasteiger partial charge is 0.339 e. The van der Waals surface area contributed by atoms with Gasteiger partial charge in [-0.25, -0.2) is 4.79 Å². The number of nitrogens with one attached hydrogen (secondary N) is 1. The predicted octanol–water partition coefficient (Wildman–Crippen LogP) is 2.14. The minimum atomic E-state index is -1.20. The number of carboxylic acid groups (broad SMARTS) is 1. The van der Waals surface area contributed by atoms with Crippen LogP contribution in [0.1, 0.15) is 15.9 Å². The first-order valence-corrected chi connectivity index (χ1v) is 6.67. The first-order valence-electron chi connectivity index (χ1n) is 5.45. The van der Waals surface area contributed by atoms with Gasteiger partial charge in [-0.05, 0) is 23.8 Å². The fraction of sp³-hybridized carbons (Fsp3) is 0. The summed E-state index contributed by atoms with van der Waals surface area (Å²) in [6.45, 7) is 0. The molecule has 0 aromatic heterocycles. The van der Waals surface area contributed by atoms with E-state index in [-0.39, 0.29) is 17.2 Å². The Balaban J connectivity index is 2.18. The normalized spacial score (nSPS) is 16.9. The number of aromatic hydroxyl groups is 1. The molecule has 0 atom stereocenters. The summed E-state index contributed by atoms with van der Waals surface area (Å²) in [6, 6.07) is 4.23. The average molecular weight is 307 g/mol. The molecule has 1 fully saturated rings. The monoisotopic (exact) mass is 307 g/mol. The number of carbonyl (C=O) groups is 2. The molecule has 0 unspecified atom stereocenters. The fourth-order valence-electron chi connectivity index (χ4n) is 1.51. The van der Waals surface area contributed by atoms with Crippen LogP contribution in [-0.4, -0.2) is 26.4 Å². The van der Waals surface area contributed by atoms with Crippen LogP contribution >= 0.6 is 24.0 Å². The lowest BCUT2D eigenvalue weighted by Gasteiger charge is -2.00. The van der Waals surface area contributed by atoms with Gasteiger partial charge in [-0.1, -0.05) is 42.2 Å². The van der Waals surface area contributed by atoms with E-state index in [9.17, 15) is 14.7 Å². The molecule has 7 heteroatoms. The van der Waals surface area contributed by atoms with Gasteiger partial charge in [0, 0.05) is 0 Å². The molecule has 0 saturated carbocycles. The lowest BCUT2D eigenvalue weighted by atomic mass is 10.1. The fourth-order valence-corrected chi connectivity index (χ4v) is 2.51. The van der Waals surface area contributed by atoms with Gasteiger partial charge in [0.2, 0.25) is 0 Å². The van der Waals surface area contributed by atoms with E-state index in [1.807, 2.05) is 0 Å². The van der Waals surface area contributed by atoms with E-state index < -0.39 is 5.97 Å². The van der Waals surface area contributed by atoms with Crippen molar-refractivity contribution in [3.8, 4) is 5.75 Å². The van der Waals surface area contributed by atoms with E-state index in [2.05, 4.69) is 5.32 Å². The van der Waals surface area contributed by atoms with Gasteiger partial charge in [0.25, 0.3) is 5.91 Å². The zero-order valence-corrected chi connectivity index (χ0v) is 11.6. The summed E-state index contributed by atoms with van der Waals surface area (Å²) < 4.78 is 0.410. The van der Waals surface area contributed by atoms with Gasteiger partial charge in [-0.3, -0.25) is 4.79 Å². The maximum absolute atomic E-state index is 11.4. The van der Waals surface area contributed by atoms with Crippen molar-refractivity contribution in [3.05, 3.63) is 46.4 Å². The number of thiocarbonyl (C=S) groups is 1. The highest BCUT2D eigenvalue weighted by atomic mass is 32.2. The van der Waals surface area contributed by atoms with E-state index in [4.69, 9.17) is 17.3 Å². The molecule has 0 aliphatic carbocycles. The van der Waals surface area contributed by atoms with Crippen molar-refractivity contribution in [1.29, 1.82) is 0 Å². The molecule has 0 spiro atoms. The molecule has 5 nitrogen and oxygen atoms in total. The van der Waals surface area contributed by atoms with E-state index >= 15 is 0 Å². The molecule has 102 valence electrons. The van der Waals surface area contributed by atoms with Crippen LogP contribution in [0.4, 0.5) is 0 Å². The molecule has 1 aromatic rings. The Morgan fingerprint density at radius 2 is 2.15 bits per heavy atom. The number of rotatable bonds is 3. The maximum Gasteiger partial charge on any atom is 0.339 e. The van der Waals surface area contributed by atoms with Gasteiger partial charge in [-0.2, -0.15) is 0 Å². The Morgan fingerprint density at radius 1 is 1.40 bits per heavy atom. The van der Waals surface area contributed by atoms with Crippen molar-refractivity contribution in [1.82, 2.24) is 5.32 Å². The first kappa shape index (κ1) is 14.3. The average Bonchev–Trinajstić information content (AvgIpc) is 2.69. The summed E-state index contributed by atoms with van der Waals surface area (Å²) in [5.74, 6) is -1.74. The number of phenols is 1. The number of carboxylic acids is 1. The minimum Gasteiger partial charge on any atom is -0.507 e. The summed E-state index contributed by atoms with van der Waals surface area (Å²) in [6.07, 6.45) is 4.84. The lowest BCUT2D eigenvalue weighted by molar-refractivity contribution is -0.115. The summed E-state index contributed by atoms with van der Waals surface area (Å²) >= 11 is 6.02. The molecule has 3 N–H and O–H groups in total. The van der Waals surface area contributed by atoms with Crippen molar-refractivity contribution < 1.29 is 19.8 Å². The Hall–Kier alpha value is -2.12. The molecular weight excluding hydrogens is 298 g/mol. The van der Waals surface area contributed by atoms with Crippen LogP contribution in [0, 0.1) is 0 Å². The molecule has 1 saturated heterocycles. The van der Waals surface area contributed by atoms with E-state index in [0.29, 0.717) is 14.8 Å². The topological polar surface area (TPSA) is 86.6 Å². The Morgan fingerprint density at radius 3 is 2.75 bits per heavy atom. The highest BCUT2D eigenvalue weighted by molar-refractivity contribution is 8.26. The van der Waals surface area contributed by atoms with Gasteiger partial charge in [0.1, 0.15) is 15.6 Å². The maximum atomic E-state index is 11.4. The second kappa shape index (κ2) is 5.89. The Bertz CT molecular complexity index is 664. The van der Waals surface area contributed by atoms with Crippen LogP contribution in [0.15, 0.2) is 35.3 Å². The predicted molar refractivity (Wildman–Crippen MR) is 80.5 cm³/mol. The third-order valence-electron chi connectivity index (χ3n) is 2.43. The molecule has 1 aliphatic heterocycles. The van der Waals surface area contributed by atoms with Crippen molar-refractivity contribution in [2.24, 2.45) is 0 Å². The molecule has 1 aliphatic rings. The van der Waals surface area contributed by atoms with Crippen LogP contribution < -0.4 is 5.32 Å². The quantitative estimate of drug-likeness (QED) is 0.586. The first-order chi connectivity index (χ1) is 9.47. The van der Waals surface area contributed by atoms with Crippen molar-refractivity contribution >= 4 is 46.3 Å². The van der Waals surface area contributed by atoms with E-state index in [0.717, 1.165) is 0 Å². The van der Waals surface area contributed by atoms with Crippen molar-refractivity contribution in [3.63, 3.8) is 0 Å².